The summed E-state index contributed by atoms with van der Waals surface area (Å²) in [6.45, 7) is 3.54. The fourth-order valence-electron chi connectivity index (χ4n) is 2.32. The van der Waals surface area contributed by atoms with E-state index in [1.165, 1.54) is 12.1 Å². The standard InChI is InChI=1S/C17H15ClFN3O/c1-10-6-7-22-14(8-10)20-15(12-4-3-5-13(19)9-12)16(22)21-17(23)11(2)18/h3-9,11H,1-2H3,(H,21,23)/t11-/m1/s1. The predicted molar refractivity (Wildman–Crippen MR) is 89.3 cm³/mol. The Bertz CT molecular complexity index is 889. The molecule has 0 aliphatic rings. The van der Waals surface area contributed by atoms with Crippen LogP contribution in [0, 0.1) is 12.7 Å². The van der Waals surface area contributed by atoms with Gasteiger partial charge in [-0.1, -0.05) is 12.1 Å². The number of hydrogen-bond donors (Lipinski definition) is 1. The number of aromatic nitrogens is 2. The van der Waals surface area contributed by atoms with E-state index in [1.54, 1.807) is 23.5 Å². The Kier molecular flexibility index (Phi) is 4.05. The van der Waals surface area contributed by atoms with Gasteiger partial charge in [-0.2, -0.15) is 0 Å². The zero-order chi connectivity index (χ0) is 16.6. The highest BCUT2D eigenvalue weighted by atomic mass is 35.5. The summed E-state index contributed by atoms with van der Waals surface area (Å²) >= 11 is 5.84. The average Bonchev–Trinajstić information content (AvgIpc) is 2.85. The number of halogens is 2. The van der Waals surface area contributed by atoms with Gasteiger partial charge in [-0.05, 0) is 43.7 Å². The molecule has 0 aliphatic carbocycles. The number of anilines is 1. The van der Waals surface area contributed by atoms with Gasteiger partial charge in [-0.3, -0.25) is 9.20 Å². The van der Waals surface area contributed by atoms with Crippen molar-refractivity contribution in [3.63, 3.8) is 0 Å². The number of pyridine rings is 1. The summed E-state index contributed by atoms with van der Waals surface area (Å²) in [6.07, 6.45) is 1.81. The third-order valence-electron chi connectivity index (χ3n) is 3.48. The zero-order valence-corrected chi connectivity index (χ0v) is 13.4. The quantitative estimate of drug-likeness (QED) is 0.737. The van der Waals surface area contributed by atoms with Gasteiger partial charge in [0.25, 0.3) is 0 Å². The van der Waals surface area contributed by atoms with Crippen molar-refractivity contribution in [1.29, 1.82) is 0 Å². The average molecular weight is 332 g/mol. The molecule has 0 aliphatic heterocycles. The van der Waals surface area contributed by atoms with Gasteiger partial charge in [0, 0.05) is 11.8 Å². The number of nitrogens with zero attached hydrogens (tertiary/aromatic N) is 2. The van der Waals surface area contributed by atoms with E-state index in [-0.39, 0.29) is 11.7 Å². The fraction of sp³-hybridized carbons (Fsp3) is 0.176. The van der Waals surface area contributed by atoms with Gasteiger partial charge in [-0.25, -0.2) is 9.37 Å². The highest BCUT2D eigenvalue weighted by Gasteiger charge is 2.19. The summed E-state index contributed by atoms with van der Waals surface area (Å²) in [6, 6.07) is 9.90. The molecule has 118 valence electrons. The predicted octanol–water partition coefficient (Wildman–Crippen LogP) is 4.01. The molecular formula is C17H15ClFN3O. The molecule has 2 heterocycles. The molecule has 0 radical (unpaired) electrons. The largest absolute Gasteiger partial charge is 0.309 e. The Morgan fingerprint density at radius 1 is 1.35 bits per heavy atom. The number of alkyl halides is 1. The molecule has 0 saturated carbocycles. The summed E-state index contributed by atoms with van der Waals surface area (Å²) in [5.41, 5.74) is 2.79. The molecular weight excluding hydrogens is 317 g/mol. The fourth-order valence-corrected chi connectivity index (χ4v) is 2.37. The molecule has 2 aromatic heterocycles. The molecule has 0 unspecified atom stereocenters. The van der Waals surface area contributed by atoms with Crippen LogP contribution in [0.5, 0.6) is 0 Å². The van der Waals surface area contributed by atoms with Gasteiger partial charge in [-0.15, -0.1) is 11.6 Å². The number of nitrogens with one attached hydrogen (secondary N) is 1. The van der Waals surface area contributed by atoms with Crippen molar-refractivity contribution in [3.8, 4) is 11.3 Å². The number of carbonyl (C=O) groups excluding carboxylic acids is 1. The second-order valence-electron chi connectivity index (χ2n) is 5.36. The van der Waals surface area contributed by atoms with E-state index < -0.39 is 5.38 Å². The zero-order valence-electron chi connectivity index (χ0n) is 12.7. The van der Waals surface area contributed by atoms with E-state index in [4.69, 9.17) is 11.6 Å². The smallest absolute Gasteiger partial charge is 0.243 e. The maximum atomic E-state index is 13.6. The molecule has 0 bridgehead atoms. The van der Waals surface area contributed by atoms with E-state index >= 15 is 0 Å². The van der Waals surface area contributed by atoms with Gasteiger partial charge in [0.1, 0.15) is 28.4 Å². The summed E-state index contributed by atoms with van der Waals surface area (Å²) in [5.74, 6) is -0.228. The third-order valence-corrected chi connectivity index (χ3v) is 3.68. The minimum atomic E-state index is -0.689. The molecule has 1 atom stereocenters. The van der Waals surface area contributed by atoms with Crippen LogP contribution in [0.1, 0.15) is 12.5 Å². The number of fused-ring (bicyclic) bond motifs is 1. The van der Waals surface area contributed by atoms with Crippen LogP contribution in [0.15, 0.2) is 42.6 Å². The Morgan fingerprint density at radius 2 is 2.13 bits per heavy atom. The second-order valence-corrected chi connectivity index (χ2v) is 6.01. The second kappa shape index (κ2) is 6.01. The van der Waals surface area contributed by atoms with Crippen LogP contribution in [0.25, 0.3) is 16.9 Å². The lowest BCUT2D eigenvalue weighted by atomic mass is 10.1. The van der Waals surface area contributed by atoms with Crippen LogP contribution in [-0.2, 0) is 4.79 Å². The van der Waals surface area contributed by atoms with E-state index in [9.17, 15) is 9.18 Å². The highest BCUT2D eigenvalue weighted by Crippen LogP contribution is 2.29. The molecule has 3 rings (SSSR count). The van der Waals surface area contributed by atoms with Crippen LogP contribution in [-0.4, -0.2) is 20.7 Å². The lowest BCUT2D eigenvalue weighted by Gasteiger charge is -2.09. The highest BCUT2D eigenvalue weighted by molar-refractivity contribution is 6.32. The Balaban J connectivity index is 2.21. The van der Waals surface area contributed by atoms with Crippen molar-refractivity contribution in [3.05, 3.63) is 54.0 Å². The van der Waals surface area contributed by atoms with Crippen LogP contribution in [0.3, 0.4) is 0 Å². The van der Waals surface area contributed by atoms with Gasteiger partial charge in [0.2, 0.25) is 5.91 Å². The molecule has 0 saturated heterocycles. The molecule has 1 aromatic carbocycles. The number of carbonyl (C=O) groups is 1. The summed E-state index contributed by atoms with van der Waals surface area (Å²) < 4.78 is 15.3. The number of benzene rings is 1. The number of imidazole rings is 1. The number of hydrogen-bond acceptors (Lipinski definition) is 2. The first-order valence-corrected chi connectivity index (χ1v) is 7.59. The monoisotopic (exact) mass is 331 g/mol. The van der Waals surface area contributed by atoms with Gasteiger partial charge < -0.3 is 5.32 Å². The van der Waals surface area contributed by atoms with Crippen molar-refractivity contribution < 1.29 is 9.18 Å². The van der Waals surface area contributed by atoms with Crippen molar-refractivity contribution in [2.45, 2.75) is 19.2 Å². The minimum absolute atomic E-state index is 0.341. The summed E-state index contributed by atoms with van der Waals surface area (Å²) in [5, 5.41) is 2.09. The first-order chi connectivity index (χ1) is 11.0. The number of rotatable bonds is 3. The van der Waals surface area contributed by atoms with E-state index in [1.807, 2.05) is 25.3 Å². The maximum absolute atomic E-state index is 13.6. The molecule has 3 aromatic rings. The lowest BCUT2D eigenvalue weighted by Crippen LogP contribution is -2.21. The van der Waals surface area contributed by atoms with Gasteiger partial charge >= 0.3 is 0 Å². The molecule has 1 amide bonds. The minimum Gasteiger partial charge on any atom is -0.309 e. The first-order valence-electron chi connectivity index (χ1n) is 7.15. The van der Waals surface area contributed by atoms with Crippen molar-refractivity contribution in [2.75, 3.05) is 5.32 Å². The van der Waals surface area contributed by atoms with E-state index in [0.717, 1.165) is 5.56 Å². The number of amides is 1. The van der Waals surface area contributed by atoms with Crippen LogP contribution >= 0.6 is 11.6 Å². The number of aryl methyl sites for hydroxylation is 1. The maximum Gasteiger partial charge on any atom is 0.243 e. The van der Waals surface area contributed by atoms with Gasteiger partial charge in [0.15, 0.2) is 0 Å². The van der Waals surface area contributed by atoms with Crippen molar-refractivity contribution in [2.24, 2.45) is 0 Å². The van der Waals surface area contributed by atoms with Crippen LogP contribution in [0.2, 0.25) is 0 Å². The van der Waals surface area contributed by atoms with Crippen LogP contribution in [0.4, 0.5) is 10.2 Å². The van der Waals surface area contributed by atoms with Crippen molar-refractivity contribution in [1.82, 2.24) is 9.38 Å². The third kappa shape index (κ3) is 3.05. The summed E-state index contributed by atoms with van der Waals surface area (Å²) in [7, 11) is 0. The Morgan fingerprint density at radius 3 is 2.83 bits per heavy atom. The molecule has 0 fully saturated rings. The van der Waals surface area contributed by atoms with Crippen LogP contribution < -0.4 is 5.32 Å². The topological polar surface area (TPSA) is 46.4 Å². The molecule has 6 heteroatoms. The molecule has 23 heavy (non-hydrogen) atoms. The molecule has 0 spiro atoms. The Labute approximate surface area is 137 Å². The van der Waals surface area contributed by atoms with E-state index in [2.05, 4.69) is 10.3 Å². The molecule has 1 N–H and O–H groups in total. The molecule has 4 nitrogen and oxygen atoms in total. The van der Waals surface area contributed by atoms with E-state index in [0.29, 0.717) is 22.7 Å². The first kappa shape index (κ1) is 15.5. The Hall–Kier alpha value is -2.40. The van der Waals surface area contributed by atoms with Gasteiger partial charge in [0.05, 0.1) is 0 Å². The van der Waals surface area contributed by atoms with Crippen molar-refractivity contribution >= 4 is 29.0 Å². The lowest BCUT2D eigenvalue weighted by molar-refractivity contribution is -0.115. The SMILES string of the molecule is Cc1ccn2c(NC(=O)[C@@H](C)Cl)c(-c3cccc(F)c3)nc2c1. The normalized spacial score (nSPS) is 12.3. The summed E-state index contributed by atoms with van der Waals surface area (Å²) in [4.78, 5) is 16.5.